The van der Waals surface area contributed by atoms with Gasteiger partial charge in [0, 0.05) is 11.1 Å². The smallest absolute Gasteiger partial charge is 0.277 e. The summed E-state index contributed by atoms with van der Waals surface area (Å²) in [6.07, 6.45) is 0. The van der Waals surface area contributed by atoms with Crippen LogP contribution in [0.2, 0.25) is 0 Å². The molecule has 0 aliphatic heterocycles. The lowest BCUT2D eigenvalue weighted by molar-refractivity contribution is 0.102. The lowest BCUT2D eigenvalue weighted by Gasteiger charge is -2.00. The van der Waals surface area contributed by atoms with E-state index in [1.165, 1.54) is 24.3 Å². The van der Waals surface area contributed by atoms with Crippen LogP contribution in [0.4, 0.5) is 4.39 Å². The van der Waals surface area contributed by atoms with Crippen LogP contribution < -0.4 is 4.74 Å². The number of Topliss-reactive ketones (excluding diaryl/α,β-unsaturated/α-hetero) is 1. The molecule has 24 heavy (non-hydrogen) atoms. The van der Waals surface area contributed by atoms with Crippen molar-refractivity contribution in [3.63, 3.8) is 0 Å². The predicted molar refractivity (Wildman–Crippen MR) is 87.7 cm³/mol. The molecule has 3 rings (SSSR count). The molecule has 0 unspecified atom stereocenters. The number of methoxy groups -OCH3 is 1. The molecule has 0 N–H and O–H groups in total. The van der Waals surface area contributed by atoms with Crippen molar-refractivity contribution < 1.29 is 18.3 Å². The minimum atomic E-state index is -0.376. The Hall–Kier alpha value is -2.67. The maximum absolute atomic E-state index is 12.9. The van der Waals surface area contributed by atoms with Gasteiger partial charge in [0.2, 0.25) is 5.89 Å². The van der Waals surface area contributed by atoms with Crippen LogP contribution in [0.15, 0.2) is 58.2 Å². The van der Waals surface area contributed by atoms with Gasteiger partial charge in [-0.1, -0.05) is 17.8 Å². The van der Waals surface area contributed by atoms with E-state index in [2.05, 4.69) is 10.2 Å². The number of nitrogens with zero attached hydrogens (tertiary/aromatic N) is 2. The average Bonchev–Trinajstić information content (AvgIpc) is 3.09. The number of carbonyl (C=O) groups excluding carboxylic acids is 1. The molecule has 122 valence electrons. The number of ketones is 1. The Balaban J connectivity index is 1.65. The first-order valence-electron chi connectivity index (χ1n) is 7.05. The fourth-order valence-electron chi connectivity index (χ4n) is 1.99. The third-order valence-corrected chi connectivity index (χ3v) is 4.03. The molecule has 7 heteroatoms. The second kappa shape index (κ2) is 7.27. The molecule has 0 saturated heterocycles. The molecule has 0 aliphatic rings. The Morgan fingerprint density at radius 2 is 2.00 bits per heavy atom. The van der Waals surface area contributed by atoms with Gasteiger partial charge in [0.25, 0.3) is 5.22 Å². The zero-order valence-electron chi connectivity index (χ0n) is 12.7. The first-order valence-corrected chi connectivity index (χ1v) is 8.04. The van der Waals surface area contributed by atoms with Gasteiger partial charge in [-0.2, -0.15) is 0 Å². The van der Waals surface area contributed by atoms with Crippen LogP contribution >= 0.6 is 11.8 Å². The van der Waals surface area contributed by atoms with E-state index in [4.69, 9.17) is 9.15 Å². The highest BCUT2D eigenvalue weighted by molar-refractivity contribution is 7.99. The molecule has 0 fully saturated rings. The molecule has 0 aliphatic carbocycles. The second-order valence-corrected chi connectivity index (χ2v) is 5.75. The Bertz CT molecular complexity index is 849. The van der Waals surface area contributed by atoms with Gasteiger partial charge in [-0.05, 0) is 42.5 Å². The third kappa shape index (κ3) is 3.80. The third-order valence-electron chi connectivity index (χ3n) is 3.22. The number of hydrogen-bond acceptors (Lipinski definition) is 6. The zero-order chi connectivity index (χ0) is 16.9. The van der Waals surface area contributed by atoms with Crippen molar-refractivity contribution in [2.45, 2.75) is 5.22 Å². The number of aromatic nitrogens is 2. The van der Waals surface area contributed by atoms with Crippen LogP contribution in [0.25, 0.3) is 11.5 Å². The SMILES string of the molecule is COc1cccc(-c2nnc(SCC(=O)c3ccc(F)cc3)o2)c1. The number of thioether (sulfide) groups is 1. The van der Waals surface area contributed by atoms with Gasteiger partial charge in [0.1, 0.15) is 11.6 Å². The summed E-state index contributed by atoms with van der Waals surface area (Å²) in [5.74, 6) is 0.656. The van der Waals surface area contributed by atoms with Crippen LogP contribution in [0.3, 0.4) is 0 Å². The topological polar surface area (TPSA) is 65.2 Å². The highest BCUT2D eigenvalue weighted by Crippen LogP contribution is 2.26. The van der Waals surface area contributed by atoms with Crippen molar-refractivity contribution in [1.82, 2.24) is 10.2 Å². The van der Waals surface area contributed by atoms with Gasteiger partial charge < -0.3 is 9.15 Å². The molecule has 0 atom stereocenters. The fourth-order valence-corrected chi connectivity index (χ4v) is 2.64. The van der Waals surface area contributed by atoms with Gasteiger partial charge in [-0.3, -0.25) is 4.79 Å². The molecule has 0 saturated carbocycles. The minimum Gasteiger partial charge on any atom is -0.497 e. The lowest BCUT2D eigenvalue weighted by Crippen LogP contribution is -2.02. The monoisotopic (exact) mass is 344 g/mol. The van der Waals surface area contributed by atoms with Crippen molar-refractivity contribution in [2.75, 3.05) is 12.9 Å². The summed E-state index contributed by atoms with van der Waals surface area (Å²) in [5, 5.41) is 8.19. The van der Waals surface area contributed by atoms with E-state index in [0.29, 0.717) is 22.4 Å². The summed E-state index contributed by atoms with van der Waals surface area (Å²) in [6, 6.07) is 12.7. The highest BCUT2D eigenvalue weighted by atomic mass is 32.2. The van der Waals surface area contributed by atoms with Crippen LogP contribution in [0.1, 0.15) is 10.4 Å². The van der Waals surface area contributed by atoms with Gasteiger partial charge in [0.15, 0.2) is 5.78 Å². The van der Waals surface area contributed by atoms with Crippen molar-refractivity contribution in [3.8, 4) is 17.2 Å². The predicted octanol–water partition coefficient (Wildman–Crippen LogP) is 3.86. The number of hydrogen-bond donors (Lipinski definition) is 0. The van der Waals surface area contributed by atoms with E-state index in [-0.39, 0.29) is 17.4 Å². The van der Waals surface area contributed by atoms with E-state index in [1.54, 1.807) is 13.2 Å². The maximum Gasteiger partial charge on any atom is 0.277 e. The summed E-state index contributed by atoms with van der Waals surface area (Å²) < 4.78 is 23.6. The molecule has 5 nitrogen and oxygen atoms in total. The van der Waals surface area contributed by atoms with Crippen LogP contribution in [0, 0.1) is 5.82 Å². The summed E-state index contributed by atoms with van der Waals surface area (Å²) in [5.41, 5.74) is 1.18. The van der Waals surface area contributed by atoms with Crippen molar-refractivity contribution in [3.05, 3.63) is 59.9 Å². The van der Waals surface area contributed by atoms with E-state index >= 15 is 0 Å². The van der Waals surface area contributed by atoms with Crippen LogP contribution in [-0.2, 0) is 0 Å². The summed E-state index contributed by atoms with van der Waals surface area (Å²) in [7, 11) is 1.58. The van der Waals surface area contributed by atoms with Gasteiger partial charge in [-0.25, -0.2) is 4.39 Å². The van der Waals surface area contributed by atoms with Crippen molar-refractivity contribution in [2.24, 2.45) is 0 Å². The Labute approximate surface area is 141 Å². The highest BCUT2D eigenvalue weighted by Gasteiger charge is 2.13. The van der Waals surface area contributed by atoms with E-state index in [1.807, 2.05) is 18.2 Å². The maximum atomic E-state index is 12.9. The molecule has 2 aromatic carbocycles. The molecule has 0 radical (unpaired) electrons. The Kier molecular flexibility index (Phi) is 4.90. The molecule has 1 heterocycles. The molecule has 0 bridgehead atoms. The normalized spacial score (nSPS) is 10.6. The first-order chi connectivity index (χ1) is 11.7. The minimum absolute atomic E-state index is 0.130. The van der Waals surface area contributed by atoms with Gasteiger partial charge in [-0.15, -0.1) is 10.2 Å². The standard InChI is InChI=1S/C17H13FN2O3S/c1-22-14-4-2-3-12(9-14)16-19-20-17(23-16)24-10-15(21)11-5-7-13(18)8-6-11/h2-9H,10H2,1H3. The van der Waals surface area contributed by atoms with E-state index in [9.17, 15) is 9.18 Å². The Morgan fingerprint density at radius 1 is 1.21 bits per heavy atom. The van der Waals surface area contributed by atoms with Gasteiger partial charge >= 0.3 is 0 Å². The van der Waals surface area contributed by atoms with Crippen molar-refractivity contribution >= 4 is 17.5 Å². The number of carbonyl (C=O) groups is 1. The van der Waals surface area contributed by atoms with Crippen LogP contribution in [0.5, 0.6) is 5.75 Å². The fraction of sp³-hybridized carbons (Fsp3) is 0.118. The second-order valence-electron chi connectivity index (χ2n) is 4.82. The number of ether oxygens (including phenoxy) is 1. The molecular formula is C17H13FN2O3S. The largest absolute Gasteiger partial charge is 0.497 e. The number of halogens is 1. The summed E-state index contributed by atoms with van der Waals surface area (Å²) in [6.45, 7) is 0. The van der Waals surface area contributed by atoms with Gasteiger partial charge in [0.05, 0.1) is 12.9 Å². The first kappa shape index (κ1) is 16.2. The number of rotatable bonds is 6. The summed E-state index contributed by atoms with van der Waals surface area (Å²) in [4.78, 5) is 12.0. The molecule has 1 aromatic heterocycles. The molecular weight excluding hydrogens is 331 g/mol. The van der Waals surface area contributed by atoms with E-state index in [0.717, 1.165) is 17.3 Å². The molecule has 3 aromatic rings. The number of benzene rings is 2. The van der Waals surface area contributed by atoms with E-state index < -0.39 is 0 Å². The molecule has 0 spiro atoms. The van der Waals surface area contributed by atoms with Crippen LogP contribution in [-0.4, -0.2) is 28.8 Å². The van der Waals surface area contributed by atoms with Crippen molar-refractivity contribution in [1.29, 1.82) is 0 Å². The summed E-state index contributed by atoms with van der Waals surface area (Å²) >= 11 is 1.14. The quantitative estimate of drug-likeness (QED) is 0.500. The Morgan fingerprint density at radius 3 is 2.75 bits per heavy atom. The molecule has 0 amide bonds. The lowest BCUT2D eigenvalue weighted by atomic mass is 10.1. The average molecular weight is 344 g/mol. The zero-order valence-corrected chi connectivity index (χ0v) is 13.5.